The smallest absolute Gasteiger partial charge is 0.251 e. The molecule has 0 heterocycles. The highest BCUT2D eigenvalue weighted by Crippen LogP contribution is 2.16. The summed E-state index contributed by atoms with van der Waals surface area (Å²) < 4.78 is 5.80. The van der Waals surface area contributed by atoms with Crippen molar-refractivity contribution in [2.24, 2.45) is 0 Å². The van der Waals surface area contributed by atoms with Crippen molar-refractivity contribution in [1.82, 2.24) is 5.32 Å². The van der Waals surface area contributed by atoms with E-state index < -0.39 is 0 Å². The van der Waals surface area contributed by atoms with E-state index >= 15 is 0 Å². The van der Waals surface area contributed by atoms with Crippen molar-refractivity contribution in [2.45, 2.75) is 13.0 Å². The summed E-state index contributed by atoms with van der Waals surface area (Å²) in [7, 11) is 0. The predicted molar refractivity (Wildman–Crippen MR) is 143 cm³/mol. The first-order valence-corrected chi connectivity index (χ1v) is 11.9. The normalized spacial score (nSPS) is 10.3. The third kappa shape index (κ3) is 7.74. The molecule has 0 saturated carbocycles. The first-order chi connectivity index (χ1) is 17.7. The average molecular weight is 480 g/mol. The number of hydrogen-bond donors (Lipinski definition) is 3. The van der Waals surface area contributed by atoms with Gasteiger partial charge in [0.15, 0.2) is 0 Å². The minimum atomic E-state index is -0.181. The van der Waals surface area contributed by atoms with Crippen LogP contribution in [0.2, 0.25) is 0 Å². The van der Waals surface area contributed by atoms with Gasteiger partial charge in [-0.1, -0.05) is 60.7 Å². The molecule has 0 radical (unpaired) electrons. The van der Waals surface area contributed by atoms with E-state index in [1.807, 2.05) is 72.8 Å². The molecule has 4 aromatic rings. The molecule has 4 aromatic carbocycles. The van der Waals surface area contributed by atoms with Gasteiger partial charge in [-0.15, -0.1) is 0 Å². The molecule has 0 spiro atoms. The van der Waals surface area contributed by atoms with Gasteiger partial charge in [-0.25, -0.2) is 0 Å². The molecule has 182 valence electrons. The zero-order valence-corrected chi connectivity index (χ0v) is 19.9. The van der Waals surface area contributed by atoms with Crippen LogP contribution in [0.5, 0.6) is 5.75 Å². The topological polar surface area (TPSA) is 79.5 Å². The minimum Gasteiger partial charge on any atom is -0.493 e. The number of hydrogen-bond acceptors (Lipinski definition) is 4. The molecule has 2 amide bonds. The minimum absolute atomic E-state index is 0.119. The molecule has 0 atom stereocenters. The number of ether oxygens (including phenoxy) is 1. The molecule has 6 nitrogen and oxygen atoms in total. The second-order valence-corrected chi connectivity index (χ2v) is 8.26. The quantitative estimate of drug-likeness (QED) is 0.273. The van der Waals surface area contributed by atoms with Gasteiger partial charge in [0.2, 0.25) is 5.91 Å². The lowest BCUT2D eigenvalue weighted by Crippen LogP contribution is -2.23. The third-order valence-electron chi connectivity index (χ3n) is 5.54. The summed E-state index contributed by atoms with van der Waals surface area (Å²) in [5.74, 6) is 0.444. The summed E-state index contributed by atoms with van der Waals surface area (Å²) in [5.41, 5.74) is 4.26. The summed E-state index contributed by atoms with van der Waals surface area (Å²) in [6.07, 6.45) is 0.848. The fourth-order valence-corrected chi connectivity index (χ4v) is 3.57. The van der Waals surface area contributed by atoms with Gasteiger partial charge in [-0.05, 0) is 59.7 Å². The molecule has 0 aliphatic rings. The maximum atomic E-state index is 12.3. The van der Waals surface area contributed by atoms with Crippen LogP contribution in [0.25, 0.3) is 0 Å². The van der Waals surface area contributed by atoms with Crippen molar-refractivity contribution in [2.75, 3.05) is 23.8 Å². The van der Waals surface area contributed by atoms with Gasteiger partial charge in [-0.2, -0.15) is 0 Å². The summed E-state index contributed by atoms with van der Waals surface area (Å²) in [5, 5.41) is 8.83. The molecule has 0 fully saturated rings. The second-order valence-electron chi connectivity index (χ2n) is 8.26. The second kappa shape index (κ2) is 12.8. The van der Waals surface area contributed by atoms with E-state index in [1.165, 1.54) is 5.56 Å². The highest BCUT2D eigenvalue weighted by atomic mass is 16.5. The number of rotatable bonds is 11. The standard InChI is InChI=1S/C30H29N3O3/c34-29(22-31-26-15-17-28(18-16-26)36-20-19-23-7-3-1-4-8-23)33-27-13-11-25(12-14-27)30(35)32-21-24-9-5-2-6-10-24/h1-18,31H,19-22H2,(H,32,35)(H,33,34). The van der Waals surface area contributed by atoms with Crippen molar-refractivity contribution in [3.8, 4) is 5.75 Å². The van der Waals surface area contributed by atoms with E-state index in [0.29, 0.717) is 24.4 Å². The average Bonchev–Trinajstić information content (AvgIpc) is 2.93. The van der Waals surface area contributed by atoms with Crippen molar-refractivity contribution >= 4 is 23.2 Å². The molecule has 0 aliphatic carbocycles. The molecule has 4 rings (SSSR count). The van der Waals surface area contributed by atoms with Crippen LogP contribution in [0.4, 0.5) is 11.4 Å². The lowest BCUT2D eigenvalue weighted by Gasteiger charge is -2.10. The zero-order valence-electron chi connectivity index (χ0n) is 19.9. The maximum Gasteiger partial charge on any atom is 0.251 e. The Morgan fingerprint density at radius 3 is 1.94 bits per heavy atom. The molecule has 0 unspecified atom stereocenters. The molecule has 3 N–H and O–H groups in total. The molecular weight excluding hydrogens is 450 g/mol. The molecule has 6 heteroatoms. The predicted octanol–water partition coefficient (Wildman–Crippen LogP) is 5.29. The summed E-state index contributed by atoms with van der Waals surface area (Å²) >= 11 is 0. The third-order valence-corrected chi connectivity index (χ3v) is 5.54. The van der Waals surface area contributed by atoms with Crippen LogP contribution in [0.1, 0.15) is 21.5 Å². The number of carbonyl (C=O) groups is 2. The zero-order chi connectivity index (χ0) is 25.0. The molecular formula is C30H29N3O3. The largest absolute Gasteiger partial charge is 0.493 e. The van der Waals surface area contributed by atoms with Crippen molar-refractivity contribution < 1.29 is 14.3 Å². The fraction of sp³-hybridized carbons (Fsp3) is 0.133. The number of nitrogens with one attached hydrogen (secondary N) is 3. The molecule has 0 aromatic heterocycles. The molecule has 0 aliphatic heterocycles. The first kappa shape index (κ1) is 24.5. The van der Waals surface area contributed by atoms with Crippen LogP contribution in [-0.4, -0.2) is 25.0 Å². The van der Waals surface area contributed by atoms with E-state index in [-0.39, 0.29) is 18.4 Å². The number of benzene rings is 4. The SMILES string of the molecule is O=C(CNc1ccc(OCCc2ccccc2)cc1)Nc1ccc(C(=O)NCc2ccccc2)cc1. The van der Waals surface area contributed by atoms with E-state index in [2.05, 4.69) is 28.1 Å². The van der Waals surface area contributed by atoms with Gasteiger partial charge < -0.3 is 20.7 Å². The monoisotopic (exact) mass is 479 g/mol. The molecule has 36 heavy (non-hydrogen) atoms. The van der Waals surface area contributed by atoms with Gasteiger partial charge in [0.1, 0.15) is 5.75 Å². The van der Waals surface area contributed by atoms with Crippen LogP contribution in [0.15, 0.2) is 109 Å². The summed E-state index contributed by atoms with van der Waals surface area (Å²) in [4.78, 5) is 24.7. The van der Waals surface area contributed by atoms with Crippen LogP contribution < -0.4 is 20.7 Å². The van der Waals surface area contributed by atoms with E-state index in [9.17, 15) is 9.59 Å². The summed E-state index contributed by atoms with van der Waals surface area (Å²) in [6.45, 7) is 1.19. The van der Waals surface area contributed by atoms with E-state index in [0.717, 1.165) is 23.4 Å². The van der Waals surface area contributed by atoms with Crippen LogP contribution >= 0.6 is 0 Å². The van der Waals surface area contributed by atoms with E-state index in [1.54, 1.807) is 24.3 Å². The lowest BCUT2D eigenvalue weighted by atomic mass is 10.1. The Kier molecular flexibility index (Phi) is 8.70. The van der Waals surface area contributed by atoms with Gasteiger partial charge in [0, 0.05) is 29.9 Å². The van der Waals surface area contributed by atoms with Crippen molar-refractivity contribution in [1.29, 1.82) is 0 Å². The van der Waals surface area contributed by atoms with Gasteiger partial charge in [-0.3, -0.25) is 9.59 Å². The Balaban J connectivity index is 1.17. The highest BCUT2D eigenvalue weighted by Gasteiger charge is 2.07. The van der Waals surface area contributed by atoms with Gasteiger partial charge >= 0.3 is 0 Å². The van der Waals surface area contributed by atoms with Crippen LogP contribution in [0.3, 0.4) is 0 Å². The van der Waals surface area contributed by atoms with Crippen molar-refractivity contribution in [3.05, 3.63) is 126 Å². The number of amides is 2. The Bertz CT molecular complexity index is 1240. The van der Waals surface area contributed by atoms with Crippen LogP contribution in [0, 0.1) is 0 Å². The fourth-order valence-electron chi connectivity index (χ4n) is 3.57. The molecule has 0 bridgehead atoms. The summed E-state index contributed by atoms with van der Waals surface area (Å²) in [6, 6.07) is 34.3. The first-order valence-electron chi connectivity index (χ1n) is 11.9. The molecule has 0 saturated heterocycles. The van der Waals surface area contributed by atoms with Gasteiger partial charge in [0.05, 0.1) is 13.2 Å². The maximum absolute atomic E-state index is 12.3. The lowest BCUT2D eigenvalue weighted by molar-refractivity contribution is -0.114. The number of anilines is 2. The number of carbonyl (C=O) groups excluding carboxylic acids is 2. The van der Waals surface area contributed by atoms with Crippen LogP contribution in [-0.2, 0) is 17.8 Å². The Morgan fingerprint density at radius 2 is 1.28 bits per heavy atom. The Morgan fingerprint density at radius 1 is 0.667 bits per heavy atom. The van der Waals surface area contributed by atoms with E-state index in [4.69, 9.17) is 4.74 Å². The van der Waals surface area contributed by atoms with Crippen molar-refractivity contribution in [3.63, 3.8) is 0 Å². The Labute approximate surface area is 211 Å². The Hall–Kier alpha value is -4.58. The highest BCUT2D eigenvalue weighted by molar-refractivity contribution is 5.96. The van der Waals surface area contributed by atoms with Gasteiger partial charge in [0.25, 0.3) is 5.91 Å².